The van der Waals surface area contributed by atoms with Crippen LogP contribution in [0.15, 0.2) is 18.2 Å². The summed E-state index contributed by atoms with van der Waals surface area (Å²) in [5.74, 6) is 0.915. The number of benzene rings is 1. The minimum atomic E-state index is 0.0843. The number of rotatable bonds is 4. The lowest BCUT2D eigenvalue weighted by atomic mass is 9.91. The third-order valence-electron chi connectivity index (χ3n) is 4.31. The predicted octanol–water partition coefficient (Wildman–Crippen LogP) is 3.22. The summed E-state index contributed by atoms with van der Waals surface area (Å²) in [6, 6.07) is 6.26. The molecule has 0 bridgehead atoms. The molecule has 0 spiro atoms. The molecule has 2 rings (SSSR count). The fourth-order valence-corrected chi connectivity index (χ4v) is 2.69. The number of aryl methyl sites for hydroxylation is 1. The first-order valence-electron chi connectivity index (χ1n) is 7.15. The fourth-order valence-electron chi connectivity index (χ4n) is 2.69. The van der Waals surface area contributed by atoms with Crippen LogP contribution in [0.5, 0.6) is 5.75 Å². The van der Waals surface area contributed by atoms with Gasteiger partial charge in [0.05, 0.1) is 19.8 Å². The van der Waals surface area contributed by atoms with Crippen LogP contribution < -0.4 is 10.1 Å². The van der Waals surface area contributed by atoms with Gasteiger partial charge in [-0.15, -0.1) is 0 Å². The second kappa shape index (κ2) is 5.93. The molecule has 0 saturated carbocycles. The molecule has 1 atom stereocenters. The number of hydrogen-bond acceptors (Lipinski definition) is 3. The number of nitrogens with one attached hydrogen (secondary N) is 1. The van der Waals surface area contributed by atoms with Crippen LogP contribution >= 0.6 is 0 Å². The van der Waals surface area contributed by atoms with Gasteiger partial charge in [0.25, 0.3) is 0 Å². The molecule has 1 aliphatic rings. The number of ether oxygens (including phenoxy) is 2. The summed E-state index contributed by atoms with van der Waals surface area (Å²) in [7, 11) is 1.72. The Morgan fingerprint density at radius 3 is 2.63 bits per heavy atom. The van der Waals surface area contributed by atoms with Gasteiger partial charge in [-0.1, -0.05) is 25.5 Å². The van der Waals surface area contributed by atoms with Crippen LogP contribution in [0.4, 0.5) is 0 Å². The molecular formula is C16H25NO2. The molecule has 1 aromatic rings. The molecule has 0 aromatic heterocycles. The molecule has 1 saturated heterocycles. The fraction of sp³-hybridized carbons (Fsp3) is 0.625. The Balaban J connectivity index is 2.15. The molecule has 1 fully saturated rings. The highest BCUT2D eigenvalue weighted by atomic mass is 16.5. The van der Waals surface area contributed by atoms with Crippen molar-refractivity contribution in [2.75, 3.05) is 20.3 Å². The van der Waals surface area contributed by atoms with Gasteiger partial charge in [0.1, 0.15) is 5.75 Å². The lowest BCUT2D eigenvalue weighted by Crippen LogP contribution is -2.54. The highest BCUT2D eigenvalue weighted by Crippen LogP contribution is 2.33. The van der Waals surface area contributed by atoms with E-state index in [0.717, 1.165) is 37.3 Å². The van der Waals surface area contributed by atoms with Crippen LogP contribution in [0.3, 0.4) is 0 Å². The van der Waals surface area contributed by atoms with Gasteiger partial charge in [-0.3, -0.25) is 0 Å². The third kappa shape index (κ3) is 2.93. The summed E-state index contributed by atoms with van der Waals surface area (Å²) in [6.07, 6.45) is 2.28. The summed E-state index contributed by atoms with van der Waals surface area (Å²) in [5, 5.41) is 3.67. The maximum Gasteiger partial charge on any atom is 0.124 e. The van der Waals surface area contributed by atoms with Crippen molar-refractivity contribution in [3.63, 3.8) is 0 Å². The van der Waals surface area contributed by atoms with Crippen LogP contribution in [-0.4, -0.2) is 25.8 Å². The van der Waals surface area contributed by atoms with E-state index in [1.54, 1.807) is 7.11 Å². The molecule has 0 aliphatic carbocycles. The molecule has 19 heavy (non-hydrogen) atoms. The molecule has 1 aromatic carbocycles. The lowest BCUT2D eigenvalue weighted by molar-refractivity contribution is -0.0383. The van der Waals surface area contributed by atoms with Crippen molar-refractivity contribution < 1.29 is 9.47 Å². The van der Waals surface area contributed by atoms with E-state index < -0.39 is 0 Å². The van der Waals surface area contributed by atoms with Crippen molar-refractivity contribution in [1.29, 1.82) is 0 Å². The van der Waals surface area contributed by atoms with E-state index in [-0.39, 0.29) is 11.6 Å². The normalized spacial score (nSPS) is 22.2. The lowest BCUT2D eigenvalue weighted by Gasteiger charge is -2.40. The smallest absolute Gasteiger partial charge is 0.124 e. The van der Waals surface area contributed by atoms with Gasteiger partial charge in [0, 0.05) is 17.6 Å². The Kier molecular flexibility index (Phi) is 4.48. The van der Waals surface area contributed by atoms with Gasteiger partial charge in [0.15, 0.2) is 0 Å². The van der Waals surface area contributed by atoms with Gasteiger partial charge < -0.3 is 14.8 Å². The quantitative estimate of drug-likeness (QED) is 0.904. The average Bonchev–Trinajstić information content (AvgIpc) is 2.47. The second-order valence-corrected chi connectivity index (χ2v) is 5.41. The van der Waals surface area contributed by atoms with Crippen molar-refractivity contribution in [3.8, 4) is 5.75 Å². The first-order chi connectivity index (χ1) is 9.14. The Labute approximate surface area is 116 Å². The maximum atomic E-state index is 6.12. The van der Waals surface area contributed by atoms with Crippen LogP contribution in [-0.2, 0) is 4.74 Å². The molecule has 106 valence electrons. The molecule has 1 aliphatic heterocycles. The molecule has 1 unspecified atom stereocenters. The second-order valence-electron chi connectivity index (χ2n) is 5.41. The first kappa shape index (κ1) is 14.4. The topological polar surface area (TPSA) is 30.5 Å². The summed E-state index contributed by atoms with van der Waals surface area (Å²) >= 11 is 0. The van der Waals surface area contributed by atoms with E-state index >= 15 is 0 Å². The standard InChI is InChI=1S/C16H25NO2/c1-5-16(6-2)11-19-15(10-17-16)13-9-12(3)7-8-14(13)18-4/h7-9,15,17H,5-6,10-11H2,1-4H3. The Morgan fingerprint density at radius 2 is 2.11 bits per heavy atom. The Hall–Kier alpha value is -1.06. The van der Waals surface area contributed by atoms with Crippen LogP contribution in [0, 0.1) is 6.92 Å². The molecule has 3 heteroatoms. The number of methoxy groups -OCH3 is 1. The van der Waals surface area contributed by atoms with Gasteiger partial charge in [-0.25, -0.2) is 0 Å². The molecule has 0 radical (unpaired) electrons. The number of morpholine rings is 1. The minimum absolute atomic E-state index is 0.0843. The van der Waals surface area contributed by atoms with Gasteiger partial charge in [0.2, 0.25) is 0 Å². The minimum Gasteiger partial charge on any atom is -0.496 e. The zero-order valence-corrected chi connectivity index (χ0v) is 12.5. The van der Waals surface area contributed by atoms with Crippen molar-refractivity contribution in [2.45, 2.75) is 45.3 Å². The van der Waals surface area contributed by atoms with Crippen LogP contribution in [0.1, 0.15) is 43.9 Å². The molecule has 3 nitrogen and oxygen atoms in total. The maximum absolute atomic E-state index is 6.12. The van der Waals surface area contributed by atoms with Crippen molar-refractivity contribution >= 4 is 0 Å². The SMILES string of the molecule is CCC1(CC)COC(c2cc(C)ccc2OC)CN1. The van der Waals surface area contributed by atoms with Crippen molar-refractivity contribution in [2.24, 2.45) is 0 Å². The Bertz CT molecular complexity index is 417. The summed E-state index contributed by atoms with van der Waals surface area (Å²) in [5.41, 5.74) is 2.53. The van der Waals surface area contributed by atoms with E-state index in [4.69, 9.17) is 9.47 Å². The highest BCUT2D eigenvalue weighted by molar-refractivity contribution is 5.39. The third-order valence-corrected chi connectivity index (χ3v) is 4.31. The van der Waals surface area contributed by atoms with Crippen molar-refractivity contribution in [3.05, 3.63) is 29.3 Å². The zero-order chi connectivity index (χ0) is 13.9. The van der Waals surface area contributed by atoms with Gasteiger partial charge in [-0.05, 0) is 31.9 Å². The summed E-state index contributed by atoms with van der Waals surface area (Å²) in [6.45, 7) is 8.14. The van der Waals surface area contributed by atoms with Crippen LogP contribution in [0.2, 0.25) is 0 Å². The summed E-state index contributed by atoms with van der Waals surface area (Å²) in [4.78, 5) is 0. The van der Waals surface area contributed by atoms with E-state index in [1.807, 2.05) is 6.07 Å². The largest absolute Gasteiger partial charge is 0.496 e. The average molecular weight is 263 g/mol. The predicted molar refractivity (Wildman–Crippen MR) is 77.7 cm³/mol. The van der Waals surface area contributed by atoms with Crippen LogP contribution in [0.25, 0.3) is 0 Å². The molecule has 1 N–H and O–H groups in total. The van der Waals surface area contributed by atoms with Gasteiger partial charge in [-0.2, -0.15) is 0 Å². The van der Waals surface area contributed by atoms with E-state index in [9.17, 15) is 0 Å². The van der Waals surface area contributed by atoms with Gasteiger partial charge >= 0.3 is 0 Å². The van der Waals surface area contributed by atoms with Crippen molar-refractivity contribution in [1.82, 2.24) is 5.32 Å². The van der Waals surface area contributed by atoms with E-state index in [1.165, 1.54) is 5.56 Å². The van der Waals surface area contributed by atoms with E-state index in [2.05, 4.69) is 38.2 Å². The highest BCUT2D eigenvalue weighted by Gasteiger charge is 2.33. The molecule has 1 heterocycles. The molecular weight excluding hydrogens is 238 g/mol. The zero-order valence-electron chi connectivity index (χ0n) is 12.5. The monoisotopic (exact) mass is 263 g/mol. The molecule has 0 amide bonds. The van der Waals surface area contributed by atoms with E-state index in [0.29, 0.717) is 0 Å². The Morgan fingerprint density at radius 1 is 1.37 bits per heavy atom. The summed E-state index contributed by atoms with van der Waals surface area (Å²) < 4.78 is 11.6. The number of hydrogen-bond donors (Lipinski definition) is 1. The first-order valence-corrected chi connectivity index (χ1v) is 7.15.